The zero-order valence-electron chi connectivity index (χ0n) is 10.5. The smallest absolute Gasteiger partial charge is 0.322 e. The van der Waals surface area contributed by atoms with Crippen molar-refractivity contribution in [3.8, 4) is 0 Å². The van der Waals surface area contributed by atoms with Gasteiger partial charge in [0, 0.05) is 11.6 Å². The first-order chi connectivity index (χ1) is 8.93. The highest BCUT2D eigenvalue weighted by molar-refractivity contribution is 7.80. The van der Waals surface area contributed by atoms with Crippen molar-refractivity contribution in [3.05, 3.63) is 28.2 Å². The van der Waals surface area contributed by atoms with Crippen LogP contribution in [0.4, 0.5) is 10.5 Å². The van der Waals surface area contributed by atoms with Crippen LogP contribution in [0.5, 0.6) is 0 Å². The van der Waals surface area contributed by atoms with E-state index < -0.39 is 0 Å². The molecule has 3 N–H and O–H groups in total. The first kappa shape index (κ1) is 16.0. The molecule has 0 aliphatic carbocycles. The Hall–Kier alpha value is -1.04. The third kappa shape index (κ3) is 5.22. The molecule has 0 saturated heterocycles. The van der Waals surface area contributed by atoms with Gasteiger partial charge in [-0.1, -0.05) is 42.3 Å². The van der Waals surface area contributed by atoms with Gasteiger partial charge in [-0.15, -0.1) is 0 Å². The molecule has 0 saturated carbocycles. The Labute approximate surface area is 127 Å². The van der Waals surface area contributed by atoms with Gasteiger partial charge in [-0.05, 0) is 24.6 Å². The molecule has 0 aliphatic rings. The van der Waals surface area contributed by atoms with E-state index >= 15 is 0 Å². The number of nitrogens with zero attached hydrogens (tertiary/aromatic N) is 1. The number of urea groups is 1. The summed E-state index contributed by atoms with van der Waals surface area (Å²) in [5.41, 5.74) is 5.93. The summed E-state index contributed by atoms with van der Waals surface area (Å²) in [6, 6.07) is 4.56. The van der Waals surface area contributed by atoms with Crippen LogP contribution in [0.2, 0.25) is 10.0 Å². The van der Waals surface area contributed by atoms with E-state index in [1.54, 1.807) is 18.2 Å². The molecule has 19 heavy (non-hydrogen) atoms. The molecule has 0 atom stereocenters. The Morgan fingerprint density at radius 3 is 2.74 bits per heavy atom. The number of carbonyl (C=O) groups excluding carboxylic acids is 1. The van der Waals surface area contributed by atoms with Crippen LogP contribution in [0.25, 0.3) is 0 Å². The maximum absolute atomic E-state index is 12.1. The number of rotatable bonds is 5. The quantitative estimate of drug-likeness (QED) is 0.816. The normalized spacial score (nSPS) is 10.1. The first-order valence-corrected chi connectivity index (χ1v) is 6.89. The molecule has 2 amide bonds. The number of halogens is 2. The number of nitrogens with one attached hydrogen (secondary N) is 1. The van der Waals surface area contributed by atoms with Crippen LogP contribution in [0.3, 0.4) is 0 Å². The predicted molar refractivity (Wildman–Crippen MR) is 84.1 cm³/mol. The molecule has 7 heteroatoms. The SMILES string of the molecule is CCCN(CC(N)=S)C(=O)Nc1cc(Cl)ccc1Cl. The van der Waals surface area contributed by atoms with Crippen molar-refractivity contribution in [3.63, 3.8) is 0 Å². The Bertz CT molecular complexity index is 482. The molecule has 0 radical (unpaired) electrons. The van der Waals surface area contributed by atoms with E-state index in [-0.39, 0.29) is 17.6 Å². The van der Waals surface area contributed by atoms with Crippen molar-refractivity contribution in [1.29, 1.82) is 0 Å². The number of thiocarbonyl (C=S) groups is 1. The number of hydrogen-bond acceptors (Lipinski definition) is 2. The molecule has 1 rings (SSSR count). The summed E-state index contributed by atoms with van der Waals surface area (Å²) in [7, 11) is 0. The number of hydrogen-bond donors (Lipinski definition) is 2. The van der Waals surface area contributed by atoms with Gasteiger partial charge in [-0.2, -0.15) is 0 Å². The van der Waals surface area contributed by atoms with Crippen LogP contribution >= 0.6 is 35.4 Å². The van der Waals surface area contributed by atoms with Gasteiger partial charge < -0.3 is 16.0 Å². The largest absolute Gasteiger partial charge is 0.392 e. The summed E-state index contributed by atoms with van der Waals surface area (Å²) in [4.78, 5) is 13.9. The van der Waals surface area contributed by atoms with Crippen molar-refractivity contribution in [1.82, 2.24) is 4.90 Å². The molecule has 4 nitrogen and oxygen atoms in total. The van der Waals surface area contributed by atoms with E-state index in [4.69, 9.17) is 41.2 Å². The van der Waals surface area contributed by atoms with E-state index in [9.17, 15) is 4.79 Å². The molecule has 0 heterocycles. The van der Waals surface area contributed by atoms with Crippen molar-refractivity contribution in [2.45, 2.75) is 13.3 Å². The van der Waals surface area contributed by atoms with Gasteiger partial charge in [0.1, 0.15) is 0 Å². The monoisotopic (exact) mass is 319 g/mol. The lowest BCUT2D eigenvalue weighted by atomic mass is 10.3. The molecular formula is C12H15Cl2N3OS. The highest BCUT2D eigenvalue weighted by atomic mass is 35.5. The minimum atomic E-state index is -0.307. The van der Waals surface area contributed by atoms with E-state index in [1.807, 2.05) is 6.92 Å². The second-order valence-electron chi connectivity index (χ2n) is 3.94. The van der Waals surface area contributed by atoms with Gasteiger partial charge >= 0.3 is 6.03 Å². The summed E-state index contributed by atoms with van der Waals surface area (Å²) in [5, 5.41) is 3.61. The van der Waals surface area contributed by atoms with Crippen LogP contribution in [0.15, 0.2) is 18.2 Å². The number of nitrogens with two attached hydrogens (primary N) is 1. The van der Waals surface area contributed by atoms with Gasteiger partial charge in [-0.25, -0.2) is 4.79 Å². The molecule has 0 fully saturated rings. The lowest BCUT2D eigenvalue weighted by molar-refractivity contribution is 0.219. The molecule has 0 unspecified atom stereocenters. The Kier molecular flexibility index (Phi) is 6.34. The van der Waals surface area contributed by atoms with Crippen molar-refractivity contribution < 1.29 is 4.79 Å². The van der Waals surface area contributed by atoms with E-state index in [0.717, 1.165) is 6.42 Å². The molecule has 0 aromatic heterocycles. The van der Waals surface area contributed by atoms with E-state index in [0.29, 0.717) is 22.3 Å². The number of amides is 2. The third-order valence-electron chi connectivity index (χ3n) is 2.30. The van der Waals surface area contributed by atoms with Crippen LogP contribution in [0, 0.1) is 0 Å². The highest BCUT2D eigenvalue weighted by Gasteiger charge is 2.15. The second-order valence-corrected chi connectivity index (χ2v) is 5.31. The van der Waals surface area contributed by atoms with Gasteiger partial charge in [0.25, 0.3) is 0 Å². The standard InChI is InChI=1S/C12H15Cl2N3OS/c1-2-5-17(7-11(15)19)12(18)16-10-6-8(13)3-4-9(10)14/h3-4,6H,2,5,7H2,1H3,(H2,15,19)(H,16,18). The fourth-order valence-corrected chi connectivity index (χ4v) is 1.99. The fourth-order valence-electron chi connectivity index (χ4n) is 1.50. The average molecular weight is 320 g/mol. The minimum Gasteiger partial charge on any atom is -0.392 e. The maximum atomic E-state index is 12.1. The summed E-state index contributed by atoms with van der Waals surface area (Å²) in [6.45, 7) is 2.75. The van der Waals surface area contributed by atoms with Crippen LogP contribution in [-0.4, -0.2) is 29.0 Å². The van der Waals surface area contributed by atoms with Crippen molar-refractivity contribution in [2.24, 2.45) is 5.73 Å². The molecule has 1 aromatic carbocycles. The molecule has 0 bridgehead atoms. The molecule has 1 aromatic rings. The molecular weight excluding hydrogens is 305 g/mol. The van der Waals surface area contributed by atoms with Crippen LogP contribution in [0.1, 0.15) is 13.3 Å². The van der Waals surface area contributed by atoms with Gasteiger partial charge in [0.15, 0.2) is 0 Å². The third-order valence-corrected chi connectivity index (χ3v) is 2.99. The average Bonchev–Trinajstić information content (AvgIpc) is 2.32. The number of anilines is 1. The number of benzene rings is 1. The molecule has 0 spiro atoms. The lowest BCUT2D eigenvalue weighted by Crippen LogP contribution is -2.40. The minimum absolute atomic E-state index is 0.229. The maximum Gasteiger partial charge on any atom is 0.322 e. The summed E-state index contributed by atoms with van der Waals surface area (Å²) >= 11 is 16.7. The summed E-state index contributed by atoms with van der Waals surface area (Å²) in [6.07, 6.45) is 0.805. The Morgan fingerprint density at radius 1 is 1.47 bits per heavy atom. The Balaban J connectivity index is 2.80. The molecule has 0 aliphatic heterocycles. The van der Waals surface area contributed by atoms with Crippen molar-refractivity contribution in [2.75, 3.05) is 18.4 Å². The summed E-state index contributed by atoms with van der Waals surface area (Å²) in [5.74, 6) is 0. The first-order valence-electron chi connectivity index (χ1n) is 5.73. The fraction of sp³-hybridized carbons (Fsp3) is 0.333. The van der Waals surface area contributed by atoms with Crippen LogP contribution < -0.4 is 11.1 Å². The van der Waals surface area contributed by atoms with Crippen LogP contribution in [-0.2, 0) is 0 Å². The van der Waals surface area contributed by atoms with Gasteiger partial charge in [0.2, 0.25) is 0 Å². The second kappa shape index (κ2) is 7.53. The number of carbonyl (C=O) groups is 1. The lowest BCUT2D eigenvalue weighted by Gasteiger charge is -2.22. The van der Waals surface area contributed by atoms with Crippen molar-refractivity contribution >= 4 is 52.1 Å². The summed E-state index contributed by atoms with van der Waals surface area (Å²) < 4.78 is 0. The highest BCUT2D eigenvalue weighted by Crippen LogP contribution is 2.25. The van der Waals surface area contributed by atoms with E-state index in [2.05, 4.69) is 5.32 Å². The molecule has 104 valence electrons. The predicted octanol–water partition coefficient (Wildman–Crippen LogP) is 3.52. The zero-order valence-corrected chi connectivity index (χ0v) is 12.8. The van der Waals surface area contributed by atoms with Gasteiger partial charge in [-0.3, -0.25) is 0 Å². The van der Waals surface area contributed by atoms with E-state index in [1.165, 1.54) is 4.90 Å². The zero-order chi connectivity index (χ0) is 14.4. The van der Waals surface area contributed by atoms with Gasteiger partial charge in [0.05, 0.1) is 22.2 Å². The Morgan fingerprint density at radius 2 is 2.16 bits per heavy atom. The topological polar surface area (TPSA) is 58.4 Å².